The van der Waals surface area contributed by atoms with E-state index in [9.17, 15) is 0 Å². The fraction of sp³-hybridized carbons (Fsp3) is 0.600. The van der Waals surface area contributed by atoms with E-state index in [1.165, 1.54) is 0 Å². The van der Waals surface area contributed by atoms with Gasteiger partial charge >= 0.3 is 0 Å². The Balaban J connectivity index is 1.92. The first-order valence-corrected chi connectivity index (χ1v) is 7.76. The van der Waals surface area contributed by atoms with Crippen molar-refractivity contribution in [1.82, 2.24) is 14.4 Å². The van der Waals surface area contributed by atoms with Crippen molar-refractivity contribution < 1.29 is 4.74 Å². The number of imidazole rings is 1. The SMILES string of the molecule is CCNc1cn2ccnc2c(N2CCCC(OCC)C2)n1. The van der Waals surface area contributed by atoms with Crippen LogP contribution in [-0.4, -0.2) is 46.7 Å². The summed E-state index contributed by atoms with van der Waals surface area (Å²) in [7, 11) is 0. The van der Waals surface area contributed by atoms with Crippen LogP contribution in [0.15, 0.2) is 18.6 Å². The van der Waals surface area contributed by atoms with Crippen LogP contribution in [-0.2, 0) is 4.74 Å². The average Bonchev–Trinajstić information content (AvgIpc) is 2.96. The fourth-order valence-electron chi connectivity index (χ4n) is 2.90. The molecule has 1 saturated heterocycles. The standard InChI is InChI=1S/C15H23N5O/c1-3-16-13-11-20-9-7-17-14(20)15(18-13)19-8-5-6-12(10-19)21-4-2/h7,9,11-12,16H,3-6,8,10H2,1-2H3. The van der Waals surface area contributed by atoms with E-state index in [2.05, 4.69) is 29.0 Å². The maximum atomic E-state index is 5.79. The average molecular weight is 289 g/mol. The first-order chi connectivity index (χ1) is 10.3. The van der Waals surface area contributed by atoms with E-state index in [1.807, 2.05) is 23.0 Å². The van der Waals surface area contributed by atoms with Crippen LogP contribution in [0.25, 0.3) is 5.65 Å². The molecule has 0 spiro atoms. The Labute approximate surface area is 125 Å². The lowest BCUT2D eigenvalue weighted by molar-refractivity contribution is 0.0525. The number of nitrogens with one attached hydrogen (secondary N) is 1. The predicted octanol–water partition coefficient (Wildman–Crippen LogP) is 2.17. The van der Waals surface area contributed by atoms with E-state index in [0.29, 0.717) is 6.10 Å². The lowest BCUT2D eigenvalue weighted by atomic mass is 10.1. The molecule has 1 aliphatic heterocycles. The van der Waals surface area contributed by atoms with Crippen LogP contribution in [0, 0.1) is 0 Å². The van der Waals surface area contributed by atoms with Gasteiger partial charge in [0.15, 0.2) is 11.5 Å². The van der Waals surface area contributed by atoms with E-state index in [0.717, 1.165) is 56.4 Å². The Kier molecular flexibility index (Phi) is 4.24. The van der Waals surface area contributed by atoms with E-state index < -0.39 is 0 Å². The highest BCUT2D eigenvalue weighted by Gasteiger charge is 2.23. The molecule has 6 nitrogen and oxygen atoms in total. The Hall–Kier alpha value is -1.82. The third kappa shape index (κ3) is 2.95. The summed E-state index contributed by atoms with van der Waals surface area (Å²) in [6, 6.07) is 0. The van der Waals surface area contributed by atoms with Gasteiger partial charge in [-0.05, 0) is 26.7 Å². The number of ether oxygens (including phenoxy) is 1. The quantitative estimate of drug-likeness (QED) is 0.914. The molecular formula is C15H23N5O. The lowest BCUT2D eigenvalue weighted by Crippen LogP contribution is -2.40. The van der Waals surface area contributed by atoms with Crippen LogP contribution in [0.4, 0.5) is 11.6 Å². The number of hydrogen-bond acceptors (Lipinski definition) is 5. The van der Waals surface area contributed by atoms with Gasteiger partial charge < -0.3 is 19.4 Å². The van der Waals surface area contributed by atoms with Crippen LogP contribution in [0.1, 0.15) is 26.7 Å². The summed E-state index contributed by atoms with van der Waals surface area (Å²) in [5.74, 6) is 1.83. The Morgan fingerprint density at radius 2 is 2.33 bits per heavy atom. The summed E-state index contributed by atoms with van der Waals surface area (Å²) >= 11 is 0. The zero-order valence-corrected chi connectivity index (χ0v) is 12.7. The zero-order chi connectivity index (χ0) is 14.7. The van der Waals surface area contributed by atoms with Crippen molar-refractivity contribution in [3.63, 3.8) is 0 Å². The highest BCUT2D eigenvalue weighted by Crippen LogP contribution is 2.25. The molecule has 0 saturated carbocycles. The molecule has 2 aromatic rings. The summed E-state index contributed by atoms with van der Waals surface area (Å²) in [6.45, 7) is 7.64. The van der Waals surface area contributed by atoms with Gasteiger partial charge in [-0.2, -0.15) is 0 Å². The van der Waals surface area contributed by atoms with Gasteiger partial charge in [0.1, 0.15) is 5.82 Å². The van der Waals surface area contributed by atoms with Gasteiger partial charge in [-0.15, -0.1) is 0 Å². The van der Waals surface area contributed by atoms with Crippen molar-refractivity contribution in [2.45, 2.75) is 32.8 Å². The van der Waals surface area contributed by atoms with Gasteiger partial charge in [0.05, 0.1) is 12.3 Å². The van der Waals surface area contributed by atoms with Crippen LogP contribution >= 0.6 is 0 Å². The molecule has 3 heterocycles. The fourth-order valence-corrected chi connectivity index (χ4v) is 2.90. The van der Waals surface area contributed by atoms with Crippen LogP contribution < -0.4 is 10.2 Å². The Bertz CT molecular complexity index is 595. The number of fused-ring (bicyclic) bond motifs is 1. The van der Waals surface area contributed by atoms with Gasteiger partial charge in [-0.3, -0.25) is 0 Å². The van der Waals surface area contributed by atoms with Crippen LogP contribution in [0.3, 0.4) is 0 Å². The molecular weight excluding hydrogens is 266 g/mol. The van der Waals surface area contributed by atoms with Gasteiger partial charge in [-0.1, -0.05) is 0 Å². The zero-order valence-electron chi connectivity index (χ0n) is 12.7. The molecule has 2 aromatic heterocycles. The highest BCUT2D eigenvalue weighted by molar-refractivity contribution is 5.67. The minimum atomic E-state index is 0.295. The molecule has 6 heteroatoms. The third-order valence-corrected chi connectivity index (χ3v) is 3.79. The Morgan fingerprint density at radius 3 is 3.14 bits per heavy atom. The van der Waals surface area contributed by atoms with Crippen molar-refractivity contribution in [2.75, 3.05) is 36.5 Å². The molecule has 21 heavy (non-hydrogen) atoms. The molecule has 1 N–H and O–H groups in total. The largest absolute Gasteiger partial charge is 0.377 e. The third-order valence-electron chi connectivity index (χ3n) is 3.79. The van der Waals surface area contributed by atoms with E-state index in [-0.39, 0.29) is 0 Å². The van der Waals surface area contributed by atoms with E-state index >= 15 is 0 Å². The highest BCUT2D eigenvalue weighted by atomic mass is 16.5. The van der Waals surface area contributed by atoms with Crippen molar-refractivity contribution in [3.8, 4) is 0 Å². The van der Waals surface area contributed by atoms with Crippen molar-refractivity contribution in [1.29, 1.82) is 0 Å². The minimum Gasteiger partial charge on any atom is -0.377 e. The summed E-state index contributed by atoms with van der Waals surface area (Å²) in [5.41, 5.74) is 0.911. The molecule has 0 aliphatic carbocycles. The number of rotatable bonds is 5. The molecule has 0 bridgehead atoms. The van der Waals surface area contributed by atoms with E-state index in [1.54, 1.807) is 0 Å². The minimum absolute atomic E-state index is 0.295. The number of hydrogen-bond donors (Lipinski definition) is 1. The van der Waals surface area contributed by atoms with Crippen molar-refractivity contribution >= 4 is 17.3 Å². The second kappa shape index (κ2) is 6.30. The molecule has 1 atom stereocenters. The molecule has 1 fully saturated rings. The monoisotopic (exact) mass is 289 g/mol. The number of piperidine rings is 1. The summed E-state index contributed by atoms with van der Waals surface area (Å²) in [5, 5.41) is 3.29. The topological polar surface area (TPSA) is 54.7 Å². The second-order valence-corrected chi connectivity index (χ2v) is 5.30. The second-order valence-electron chi connectivity index (χ2n) is 5.30. The predicted molar refractivity (Wildman–Crippen MR) is 84.0 cm³/mol. The lowest BCUT2D eigenvalue weighted by Gasteiger charge is -2.33. The van der Waals surface area contributed by atoms with Gasteiger partial charge in [0, 0.05) is 38.6 Å². The normalized spacial score (nSPS) is 19.1. The molecule has 3 rings (SSSR count). The maximum absolute atomic E-state index is 5.79. The molecule has 114 valence electrons. The number of aromatic nitrogens is 3. The molecule has 1 aliphatic rings. The molecule has 0 amide bonds. The van der Waals surface area contributed by atoms with Crippen LogP contribution in [0.5, 0.6) is 0 Å². The van der Waals surface area contributed by atoms with Crippen molar-refractivity contribution in [2.24, 2.45) is 0 Å². The molecule has 0 radical (unpaired) electrons. The van der Waals surface area contributed by atoms with Gasteiger partial charge in [0.25, 0.3) is 0 Å². The maximum Gasteiger partial charge on any atom is 0.180 e. The first-order valence-electron chi connectivity index (χ1n) is 7.76. The number of nitrogens with zero attached hydrogens (tertiary/aromatic N) is 4. The van der Waals surface area contributed by atoms with Gasteiger partial charge in [-0.25, -0.2) is 9.97 Å². The molecule has 1 unspecified atom stereocenters. The first kappa shape index (κ1) is 14.1. The van der Waals surface area contributed by atoms with Crippen molar-refractivity contribution in [3.05, 3.63) is 18.6 Å². The summed E-state index contributed by atoms with van der Waals surface area (Å²) in [6.07, 6.45) is 8.32. The summed E-state index contributed by atoms with van der Waals surface area (Å²) < 4.78 is 7.83. The summed E-state index contributed by atoms with van der Waals surface area (Å²) in [4.78, 5) is 11.5. The van der Waals surface area contributed by atoms with Crippen LogP contribution in [0.2, 0.25) is 0 Å². The van der Waals surface area contributed by atoms with E-state index in [4.69, 9.17) is 9.72 Å². The van der Waals surface area contributed by atoms with Gasteiger partial charge in [0.2, 0.25) is 0 Å². The Morgan fingerprint density at radius 1 is 1.43 bits per heavy atom. The molecule has 0 aromatic carbocycles. The number of anilines is 2. The smallest absolute Gasteiger partial charge is 0.180 e.